The molecule has 2 aromatic rings. The SMILES string of the molecule is CCc1nc(-c2cccnc2)sc1C(C)C1CC1. The highest BCUT2D eigenvalue weighted by Gasteiger charge is 2.31. The van der Waals surface area contributed by atoms with Crippen LogP contribution in [0.15, 0.2) is 24.5 Å². The summed E-state index contributed by atoms with van der Waals surface area (Å²) >= 11 is 1.86. The van der Waals surface area contributed by atoms with Crippen LogP contribution in [0.5, 0.6) is 0 Å². The van der Waals surface area contributed by atoms with Crippen LogP contribution in [0.2, 0.25) is 0 Å². The van der Waals surface area contributed by atoms with Gasteiger partial charge >= 0.3 is 0 Å². The van der Waals surface area contributed by atoms with Crippen LogP contribution in [0, 0.1) is 5.92 Å². The van der Waals surface area contributed by atoms with Gasteiger partial charge in [-0.05, 0) is 43.2 Å². The number of aryl methyl sites for hydroxylation is 1. The molecule has 3 heteroatoms. The molecule has 1 fully saturated rings. The van der Waals surface area contributed by atoms with Crippen molar-refractivity contribution in [3.63, 3.8) is 0 Å². The van der Waals surface area contributed by atoms with E-state index in [0.717, 1.165) is 22.9 Å². The van der Waals surface area contributed by atoms with Crippen molar-refractivity contribution in [1.29, 1.82) is 0 Å². The monoisotopic (exact) mass is 258 g/mol. The number of nitrogens with zero attached hydrogens (tertiary/aromatic N) is 2. The van der Waals surface area contributed by atoms with Crippen molar-refractivity contribution in [2.45, 2.75) is 39.0 Å². The number of rotatable bonds is 4. The highest BCUT2D eigenvalue weighted by molar-refractivity contribution is 7.15. The first kappa shape index (κ1) is 11.8. The van der Waals surface area contributed by atoms with Gasteiger partial charge in [0.1, 0.15) is 5.01 Å². The van der Waals surface area contributed by atoms with E-state index < -0.39 is 0 Å². The molecule has 1 atom stereocenters. The summed E-state index contributed by atoms with van der Waals surface area (Å²) in [5.41, 5.74) is 2.43. The second-order valence-corrected chi connectivity index (χ2v) is 6.08. The molecule has 0 spiro atoms. The fourth-order valence-corrected chi connectivity index (χ4v) is 3.68. The van der Waals surface area contributed by atoms with Crippen molar-refractivity contribution >= 4 is 11.3 Å². The molecular weight excluding hydrogens is 240 g/mol. The van der Waals surface area contributed by atoms with Gasteiger partial charge in [-0.1, -0.05) is 13.8 Å². The van der Waals surface area contributed by atoms with Gasteiger partial charge in [-0.15, -0.1) is 11.3 Å². The van der Waals surface area contributed by atoms with E-state index in [4.69, 9.17) is 4.98 Å². The molecule has 0 aromatic carbocycles. The van der Waals surface area contributed by atoms with Gasteiger partial charge in [0.2, 0.25) is 0 Å². The fraction of sp³-hybridized carbons (Fsp3) is 0.467. The van der Waals surface area contributed by atoms with Gasteiger partial charge < -0.3 is 0 Å². The lowest BCUT2D eigenvalue weighted by Gasteiger charge is -2.08. The molecule has 3 rings (SSSR count). The normalized spacial score (nSPS) is 16.8. The Bertz CT molecular complexity index is 529. The van der Waals surface area contributed by atoms with Crippen LogP contribution >= 0.6 is 11.3 Å². The quantitative estimate of drug-likeness (QED) is 0.818. The molecular formula is C15H18N2S. The third kappa shape index (κ3) is 2.19. The zero-order valence-electron chi connectivity index (χ0n) is 10.9. The third-order valence-corrected chi connectivity index (χ3v) is 5.06. The van der Waals surface area contributed by atoms with Gasteiger partial charge in [0.25, 0.3) is 0 Å². The predicted molar refractivity (Wildman–Crippen MR) is 75.9 cm³/mol. The van der Waals surface area contributed by atoms with E-state index in [1.807, 2.05) is 29.8 Å². The minimum atomic E-state index is 0.683. The van der Waals surface area contributed by atoms with Gasteiger partial charge in [0, 0.05) is 22.8 Å². The minimum absolute atomic E-state index is 0.683. The average molecular weight is 258 g/mol. The van der Waals surface area contributed by atoms with E-state index in [0.29, 0.717) is 5.92 Å². The highest BCUT2D eigenvalue weighted by atomic mass is 32.1. The van der Waals surface area contributed by atoms with E-state index >= 15 is 0 Å². The number of thiazole rings is 1. The van der Waals surface area contributed by atoms with Crippen molar-refractivity contribution in [1.82, 2.24) is 9.97 Å². The summed E-state index contributed by atoms with van der Waals surface area (Å²) in [4.78, 5) is 10.5. The Morgan fingerprint density at radius 3 is 2.89 bits per heavy atom. The average Bonchev–Trinajstić information content (AvgIpc) is 3.18. The van der Waals surface area contributed by atoms with Crippen molar-refractivity contribution in [3.05, 3.63) is 35.1 Å². The summed E-state index contributed by atoms with van der Waals surface area (Å²) in [6, 6.07) is 4.07. The van der Waals surface area contributed by atoms with Crippen LogP contribution in [0.25, 0.3) is 10.6 Å². The zero-order valence-corrected chi connectivity index (χ0v) is 11.7. The predicted octanol–water partition coefficient (Wildman–Crippen LogP) is 4.28. The highest BCUT2D eigenvalue weighted by Crippen LogP contribution is 2.46. The van der Waals surface area contributed by atoms with Gasteiger partial charge in [0.05, 0.1) is 5.69 Å². The van der Waals surface area contributed by atoms with Crippen LogP contribution in [0.4, 0.5) is 0 Å². The van der Waals surface area contributed by atoms with Gasteiger partial charge in [-0.2, -0.15) is 0 Å². The first-order valence-corrected chi connectivity index (χ1v) is 7.51. The summed E-state index contributed by atoms with van der Waals surface area (Å²) in [6.07, 6.45) is 7.54. The Balaban J connectivity index is 1.97. The molecule has 0 radical (unpaired) electrons. The molecule has 18 heavy (non-hydrogen) atoms. The molecule has 0 amide bonds. The Labute approximate surface area is 112 Å². The Hall–Kier alpha value is -1.22. The molecule has 94 valence electrons. The van der Waals surface area contributed by atoms with Crippen molar-refractivity contribution in [3.8, 4) is 10.6 Å². The Kier molecular flexibility index (Phi) is 3.16. The minimum Gasteiger partial charge on any atom is -0.264 e. The number of pyridine rings is 1. The van der Waals surface area contributed by atoms with Crippen LogP contribution < -0.4 is 0 Å². The molecule has 1 aliphatic carbocycles. The molecule has 1 unspecified atom stereocenters. The molecule has 2 aromatic heterocycles. The van der Waals surface area contributed by atoms with Crippen LogP contribution in [0.3, 0.4) is 0 Å². The van der Waals surface area contributed by atoms with E-state index in [1.165, 1.54) is 23.4 Å². The molecule has 2 nitrogen and oxygen atoms in total. The maximum Gasteiger partial charge on any atom is 0.125 e. The Morgan fingerprint density at radius 2 is 2.28 bits per heavy atom. The first-order chi connectivity index (χ1) is 8.79. The molecule has 0 N–H and O–H groups in total. The van der Waals surface area contributed by atoms with E-state index in [-0.39, 0.29) is 0 Å². The van der Waals surface area contributed by atoms with E-state index in [9.17, 15) is 0 Å². The maximum atomic E-state index is 4.81. The number of aromatic nitrogens is 2. The fourth-order valence-electron chi connectivity index (χ4n) is 2.40. The second-order valence-electron chi connectivity index (χ2n) is 5.05. The molecule has 0 saturated heterocycles. The molecule has 1 aliphatic rings. The van der Waals surface area contributed by atoms with Crippen molar-refractivity contribution < 1.29 is 0 Å². The van der Waals surface area contributed by atoms with Gasteiger partial charge in [0.15, 0.2) is 0 Å². The lowest BCUT2D eigenvalue weighted by atomic mass is 10.0. The van der Waals surface area contributed by atoms with Crippen molar-refractivity contribution in [2.75, 3.05) is 0 Å². The van der Waals surface area contributed by atoms with E-state index in [1.54, 1.807) is 0 Å². The summed E-state index contributed by atoms with van der Waals surface area (Å²) in [5, 5.41) is 1.13. The smallest absolute Gasteiger partial charge is 0.125 e. The Morgan fingerprint density at radius 1 is 1.44 bits per heavy atom. The van der Waals surface area contributed by atoms with E-state index in [2.05, 4.69) is 24.9 Å². The lowest BCUT2D eigenvalue weighted by molar-refractivity contribution is 0.666. The number of hydrogen-bond donors (Lipinski definition) is 0. The molecule has 1 saturated carbocycles. The standard InChI is InChI=1S/C15H18N2S/c1-3-13-14(10(2)11-6-7-11)18-15(17-13)12-5-4-8-16-9-12/h4-5,8-11H,3,6-7H2,1-2H3. The van der Waals surface area contributed by atoms with Gasteiger partial charge in [-0.25, -0.2) is 4.98 Å². The van der Waals surface area contributed by atoms with Crippen LogP contribution in [-0.2, 0) is 6.42 Å². The van der Waals surface area contributed by atoms with Crippen LogP contribution in [-0.4, -0.2) is 9.97 Å². The maximum absolute atomic E-state index is 4.81. The number of hydrogen-bond acceptors (Lipinski definition) is 3. The molecule has 0 aliphatic heterocycles. The molecule has 0 bridgehead atoms. The molecule has 2 heterocycles. The largest absolute Gasteiger partial charge is 0.264 e. The second kappa shape index (κ2) is 4.81. The summed E-state index contributed by atoms with van der Waals surface area (Å²) in [6.45, 7) is 4.56. The summed E-state index contributed by atoms with van der Waals surface area (Å²) in [5.74, 6) is 1.58. The van der Waals surface area contributed by atoms with Crippen molar-refractivity contribution in [2.24, 2.45) is 5.92 Å². The first-order valence-electron chi connectivity index (χ1n) is 6.69. The topological polar surface area (TPSA) is 25.8 Å². The summed E-state index contributed by atoms with van der Waals surface area (Å²) < 4.78 is 0. The summed E-state index contributed by atoms with van der Waals surface area (Å²) in [7, 11) is 0. The third-order valence-electron chi connectivity index (χ3n) is 3.71. The van der Waals surface area contributed by atoms with Gasteiger partial charge in [-0.3, -0.25) is 4.98 Å². The lowest BCUT2D eigenvalue weighted by Crippen LogP contribution is -1.96. The zero-order chi connectivity index (χ0) is 12.5. The van der Waals surface area contributed by atoms with Crippen LogP contribution in [0.1, 0.15) is 43.2 Å².